The van der Waals surface area contributed by atoms with Crippen LogP contribution < -0.4 is 4.90 Å². The van der Waals surface area contributed by atoms with Gasteiger partial charge in [-0.3, -0.25) is 9.69 Å². The maximum atomic E-state index is 13.3. The van der Waals surface area contributed by atoms with Gasteiger partial charge in [0.2, 0.25) is 5.91 Å². The summed E-state index contributed by atoms with van der Waals surface area (Å²) >= 11 is 0. The minimum Gasteiger partial charge on any atom is -0.337 e. The Hall–Kier alpha value is -2.21. The van der Waals surface area contributed by atoms with Crippen molar-refractivity contribution in [2.45, 2.75) is 32.2 Å². The molecule has 1 aromatic carbocycles. The van der Waals surface area contributed by atoms with E-state index >= 15 is 0 Å². The minimum absolute atomic E-state index is 0.215. The van der Waals surface area contributed by atoms with Gasteiger partial charge in [-0.2, -0.15) is 0 Å². The number of amides is 1. The van der Waals surface area contributed by atoms with E-state index in [0.29, 0.717) is 0 Å². The fourth-order valence-corrected chi connectivity index (χ4v) is 4.29. The molecule has 2 fully saturated rings. The van der Waals surface area contributed by atoms with Crippen LogP contribution in [0.4, 0.5) is 10.1 Å². The topological polar surface area (TPSA) is 41.4 Å². The van der Waals surface area contributed by atoms with E-state index in [2.05, 4.69) is 9.88 Å². The summed E-state index contributed by atoms with van der Waals surface area (Å²) in [7, 11) is 2.01. The molecule has 1 spiro atoms. The van der Waals surface area contributed by atoms with E-state index in [1.807, 2.05) is 28.9 Å². The molecule has 4 rings (SSSR count). The predicted molar refractivity (Wildman–Crippen MR) is 98.1 cm³/mol. The number of rotatable bonds is 3. The van der Waals surface area contributed by atoms with Gasteiger partial charge in [-0.15, -0.1) is 0 Å². The van der Waals surface area contributed by atoms with E-state index in [4.69, 9.17) is 0 Å². The van der Waals surface area contributed by atoms with E-state index in [1.165, 1.54) is 12.1 Å². The van der Waals surface area contributed by atoms with Crippen LogP contribution in [0, 0.1) is 11.2 Å². The lowest BCUT2D eigenvalue weighted by atomic mass is 9.71. The molecule has 2 saturated heterocycles. The number of imidazole rings is 1. The van der Waals surface area contributed by atoms with Crippen molar-refractivity contribution in [3.05, 3.63) is 48.3 Å². The number of hydrogen-bond acceptors (Lipinski definition) is 3. The molecule has 0 saturated carbocycles. The van der Waals surface area contributed by atoms with Crippen LogP contribution in [0.15, 0.2) is 36.7 Å². The molecular formula is C20H25FN4O. The van der Waals surface area contributed by atoms with Crippen LogP contribution in [0.5, 0.6) is 0 Å². The van der Waals surface area contributed by atoms with Gasteiger partial charge < -0.3 is 9.47 Å². The summed E-state index contributed by atoms with van der Waals surface area (Å²) in [6.45, 7) is 3.38. The summed E-state index contributed by atoms with van der Waals surface area (Å²) in [5, 5.41) is 0. The molecule has 3 heterocycles. The maximum Gasteiger partial charge on any atom is 0.233 e. The monoisotopic (exact) mass is 356 g/mol. The average Bonchev–Trinajstić information content (AvgIpc) is 3.05. The Morgan fingerprint density at radius 2 is 1.85 bits per heavy atom. The van der Waals surface area contributed by atoms with Crippen molar-refractivity contribution in [2.24, 2.45) is 12.5 Å². The average molecular weight is 356 g/mol. The van der Waals surface area contributed by atoms with Gasteiger partial charge in [0.1, 0.15) is 11.6 Å². The number of carbonyl (C=O) groups is 1. The van der Waals surface area contributed by atoms with Gasteiger partial charge in [0, 0.05) is 31.7 Å². The molecule has 0 atom stereocenters. The predicted octanol–water partition coefficient (Wildman–Crippen LogP) is 2.97. The number of halogens is 1. The molecule has 0 unspecified atom stereocenters. The van der Waals surface area contributed by atoms with Crippen LogP contribution in [0.2, 0.25) is 0 Å². The zero-order valence-electron chi connectivity index (χ0n) is 15.2. The van der Waals surface area contributed by atoms with Crippen LogP contribution in [0.3, 0.4) is 0 Å². The fourth-order valence-electron chi connectivity index (χ4n) is 4.29. The Morgan fingerprint density at radius 3 is 2.50 bits per heavy atom. The number of anilines is 1. The highest BCUT2D eigenvalue weighted by molar-refractivity contribution is 5.98. The van der Waals surface area contributed by atoms with Crippen LogP contribution in [0.1, 0.15) is 31.5 Å². The number of piperidine rings is 2. The normalized spacial score (nSPS) is 20.7. The lowest BCUT2D eigenvalue weighted by molar-refractivity contribution is -0.133. The Bertz CT molecular complexity index is 777. The zero-order valence-corrected chi connectivity index (χ0v) is 15.2. The lowest BCUT2D eigenvalue weighted by Gasteiger charge is -2.46. The van der Waals surface area contributed by atoms with E-state index in [-0.39, 0.29) is 17.1 Å². The Morgan fingerprint density at radius 1 is 1.12 bits per heavy atom. The van der Waals surface area contributed by atoms with Crippen molar-refractivity contribution in [3.63, 3.8) is 0 Å². The highest BCUT2D eigenvalue weighted by Gasteiger charge is 2.46. The van der Waals surface area contributed by atoms with Crippen molar-refractivity contribution in [3.8, 4) is 0 Å². The molecule has 6 heteroatoms. The van der Waals surface area contributed by atoms with Gasteiger partial charge in [0.05, 0.1) is 12.0 Å². The van der Waals surface area contributed by atoms with E-state index in [0.717, 1.165) is 63.4 Å². The largest absolute Gasteiger partial charge is 0.337 e. The molecule has 2 aliphatic rings. The molecule has 5 nitrogen and oxygen atoms in total. The van der Waals surface area contributed by atoms with Crippen molar-refractivity contribution in [2.75, 3.05) is 24.5 Å². The smallest absolute Gasteiger partial charge is 0.233 e. The van der Waals surface area contributed by atoms with Crippen LogP contribution in [-0.4, -0.2) is 40.0 Å². The third-order valence-electron chi connectivity index (χ3n) is 5.97. The van der Waals surface area contributed by atoms with Crippen molar-refractivity contribution in [1.29, 1.82) is 0 Å². The van der Waals surface area contributed by atoms with E-state index < -0.39 is 0 Å². The summed E-state index contributed by atoms with van der Waals surface area (Å²) in [5.74, 6) is 1.01. The number of benzene rings is 1. The summed E-state index contributed by atoms with van der Waals surface area (Å²) in [6, 6.07) is 6.28. The van der Waals surface area contributed by atoms with Gasteiger partial charge >= 0.3 is 0 Å². The third-order valence-corrected chi connectivity index (χ3v) is 5.97. The molecule has 1 aromatic heterocycles. The highest BCUT2D eigenvalue weighted by atomic mass is 19.1. The number of nitrogens with zero attached hydrogens (tertiary/aromatic N) is 4. The second kappa shape index (κ2) is 6.83. The fraction of sp³-hybridized carbons (Fsp3) is 0.500. The number of aryl methyl sites for hydroxylation is 1. The third kappa shape index (κ3) is 3.14. The summed E-state index contributed by atoms with van der Waals surface area (Å²) in [6.07, 6.45) is 7.52. The summed E-state index contributed by atoms with van der Waals surface area (Å²) < 4.78 is 15.3. The van der Waals surface area contributed by atoms with Crippen LogP contribution in [0.25, 0.3) is 0 Å². The van der Waals surface area contributed by atoms with Gasteiger partial charge in [0.15, 0.2) is 0 Å². The number of carbonyl (C=O) groups excluding carboxylic acids is 1. The Balaban J connectivity index is 1.44. The minimum atomic E-state index is -0.268. The second-order valence-electron chi connectivity index (χ2n) is 7.55. The summed E-state index contributed by atoms with van der Waals surface area (Å²) in [5.41, 5.74) is 0.552. The zero-order chi connectivity index (χ0) is 18.1. The quantitative estimate of drug-likeness (QED) is 0.849. The molecule has 2 aliphatic heterocycles. The molecule has 138 valence electrons. The molecule has 2 aromatic rings. The molecule has 0 bridgehead atoms. The van der Waals surface area contributed by atoms with Gasteiger partial charge in [-0.05, 0) is 63.0 Å². The maximum absolute atomic E-state index is 13.3. The molecule has 0 N–H and O–H groups in total. The summed E-state index contributed by atoms with van der Waals surface area (Å²) in [4.78, 5) is 21.9. The number of likely N-dealkylation sites (tertiary alicyclic amines) is 1. The highest BCUT2D eigenvalue weighted by Crippen LogP contribution is 2.42. The van der Waals surface area contributed by atoms with Crippen molar-refractivity contribution >= 4 is 11.6 Å². The van der Waals surface area contributed by atoms with E-state index in [9.17, 15) is 9.18 Å². The first-order chi connectivity index (χ1) is 12.6. The molecule has 0 radical (unpaired) electrons. The Labute approximate surface area is 153 Å². The van der Waals surface area contributed by atoms with Gasteiger partial charge in [-0.1, -0.05) is 0 Å². The molecule has 0 aliphatic carbocycles. The molecule has 26 heavy (non-hydrogen) atoms. The van der Waals surface area contributed by atoms with Crippen LogP contribution >= 0.6 is 0 Å². The molecular weight excluding hydrogens is 331 g/mol. The number of hydrogen-bond donors (Lipinski definition) is 0. The standard InChI is InChI=1S/C20H25FN4O/c1-23-14-10-22-18(23)15-24-12-8-20(9-13-24)7-2-11-25(19(20)26)17-5-3-16(21)4-6-17/h3-6,10,14H,2,7-9,11-13,15H2,1H3. The van der Waals surface area contributed by atoms with Crippen molar-refractivity contribution < 1.29 is 9.18 Å². The van der Waals surface area contributed by atoms with Gasteiger partial charge in [-0.25, -0.2) is 9.37 Å². The first kappa shape index (κ1) is 17.2. The lowest BCUT2D eigenvalue weighted by Crippen LogP contribution is -2.53. The Kier molecular flexibility index (Phi) is 4.53. The second-order valence-corrected chi connectivity index (χ2v) is 7.55. The first-order valence-electron chi connectivity index (χ1n) is 9.33. The van der Waals surface area contributed by atoms with Crippen LogP contribution in [-0.2, 0) is 18.4 Å². The van der Waals surface area contributed by atoms with Crippen molar-refractivity contribution in [1.82, 2.24) is 14.5 Å². The van der Waals surface area contributed by atoms with Gasteiger partial charge in [0.25, 0.3) is 0 Å². The first-order valence-corrected chi connectivity index (χ1v) is 9.33. The van der Waals surface area contributed by atoms with E-state index in [1.54, 1.807) is 12.1 Å². The SMILES string of the molecule is Cn1ccnc1CN1CCC2(CCCN(c3ccc(F)cc3)C2=O)CC1. The number of aromatic nitrogens is 2. The molecule has 1 amide bonds.